The summed E-state index contributed by atoms with van der Waals surface area (Å²) in [6, 6.07) is 18.4. The molecule has 148 valence electrons. The van der Waals surface area contributed by atoms with E-state index in [1.165, 1.54) is 5.56 Å². The number of hydrogen-bond donors (Lipinski definition) is 1. The van der Waals surface area contributed by atoms with Gasteiger partial charge in [0, 0.05) is 6.21 Å². The molecule has 29 heavy (non-hydrogen) atoms. The predicted molar refractivity (Wildman–Crippen MR) is 114 cm³/mol. The largest absolute Gasteiger partial charge is 0.493 e. The van der Waals surface area contributed by atoms with Gasteiger partial charge in [-0.15, -0.1) is 0 Å². The number of nitrogens with zero attached hydrogens (tertiary/aromatic N) is 1. The number of hydrogen-bond acceptors (Lipinski definition) is 4. The summed E-state index contributed by atoms with van der Waals surface area (Å²) in [6.07, 6.45) is 1.80. The van der Waals surface area contributed by atoms with Crippen LogP contribution in [-0.4, -0.2) is 24.4 Å². The van der Waals surface area contributed by atoms with Crippen molar-refractivity contribution >= 4 is 17.9 Å². The lowest BCUT2D eigenvalue weighted by Crippen LogP contribution is -2.00. The smallest absolute Gasteiger partial charge is 0.335 e. The summed E-state index contributed by atoms with van der Waals surface area (Å²) in [5.74, 6) is 0.271. The van der Waals surface area contributed by atoms with E-state index in [0.29, 0.717) is 18.1 Å². The Morgan fingerprint density at radius 2 is 1.76 bits per heavy atom. The Balaban J connectivity index is 1.71. The monoisotopic (exact) mass is 389 g/mol. The number of ether oxygens (including phenoxy) is 2. The zero-order valence-electron chi connectivity index (χ0n) is 16.7. The molecule has 0 amide bonds. The highest BCUT2D eigenvalue weighted by molar-refractivity contribution is 5.87. The molecule has 0 aliphatic rings. The fourth-order valence-electron chi connectivity index (χ4n) is 2.88. The van der Waals surface area contributed by atoms with Crippen LogP contribution < -0.4 is 9.47 Å². The van der Waals surface area contributed by atoms with Gasteiger partial charge in [0.15, 0.2) is 11.5 Å². The molecule has 0 aromatic heterocycles. The van der Waals surface area contributed by atoms with Gasteiger partial charge in [-0.2, -0.15) is 0 Å². The highest BCUT2D eigenvalue weighted by Crippen LogP contribution is 2.29. The molecular weight excluding hydrogens is 366 g/mol. The molecule has 3 aromatic rings. The minimum absolute atomic E-state index is 0.249. The first kappa shape index (κ1) is 20.1. The van der Waals surface area contributed by atoms with Crippen molar-refractivity contribution < 1.29 is 19.4 Å². The summed E-state index contributed by atoms with van der Waals surface area (Å²) >= 11 is 0. The lowest BCUT2D eigenvalue weighted by atomic mass is 10.1. The molecule has 0 radical (unpaired) electrons. The van der Waals surface area contributed by atoms with Crippen LogP contribution in [-0.2, 0) is 6.61 Å². The van der Waals surface area contributed by atoms with E-state index >= 15 is 0 Å². The molecule has 0 bridgehead atoms. The van der Waals surface area contributed by atoms with Crippen LogP contribution in [0.25, 0.3) is 0 Å². The van der Waals surface area contributed by atoms with E-state index in [2.05, 4.69) is 18.0 Å². The predicted octanol–water partition coefficient (Wildman–Crippen LogP) is 5.34. The Hall–Kier alpha value is -3.60. The van der Waals surface area contributed by atoms with Crippen molar-refractivity contribution in [2.24, 2.45) is 4.99 Å². The normalized spacial score (nSPS) is 10.9. The highest BCUT2D eigenvalue weighted by atomic mass is 16.5. The number of rotatable bonds is 7. The number of carboxylic acids is 1. The lowest BCUT2D eigenvalue weighted by molar-refractivity contribution is 0.0697. The standard InChI is InChI=1S/C24H23NO4/c1-16-4-10-21(17(2)12-16)25-14-19-7-11-22(23(13-19)28-3)29-15-18-5-8-20(9-6-18)24(26)27/h4-14H,15H2,1-3H3,(H,26,27). The van der Waals surface area contributed by atoms with Gasteiger partial charge < -0.3 is 14.6 Å². The fraction of sp³-hybridized carbons (Fsp3) is 0.167. The van der Waals surface area contributed by atoms with E-state index in [-0.39, 0.29) is 5.56 Å². The third-order valence-corrected chi connectivity index (χ3v) is 4.49. The Bertz CT molecular complexity index is 1040. The third kappa shape index (κ3) is 5.23. The van der Waals surface area contributed by atoms with Gasteiger partial charge in [0.05, 0.1) is 18.4 Å². The maximum Gasteiger partial charge on any atom is 0.335 e. The Labute approximate surface area is 170 Å². The zero-order chi connectivity index (χ0) is 20.8. The number of aliphatic imine (C=N–C) groups is 1. The van der Waals surface area contributed by atoms with Crippen molar-refractivity contribution in [3.63, 3.8) is 0 Å². The first-order valence-electron chi connectivity index (χ1n) is 9.20. The van der Waals surface area contributed by atoms with Gasteiger partial charge >= 0.3 is 5.97 Å². The van der Waals surface area contributed by atoms with Crippen LogP contribution in [0.3, 0.4) is 0 Å². The van der Waals surface area contributed by atoms with Crippen LogP contribution in [0.2, 0.25) is 0 Å². The second-order valence-electron chi connectivity index (χ2n) is 6.75. The van der Waals surface area contributed by atoms with Crippen LogP contribution in [0.4, 0.5) is 5.69 Å². The van der Waals surface area contributed by atoms with Gasteiger partial charge in [0.2, 0.25) is 0 Å². The lowest BCUT2D eigenvalue weighted by Gasteiger charge is -2.11. The van der Waals surface area contributed by atoms with Gasteiger partial charge in [-0.05, 0) is 66.9 Å². The van der Waals surface area contributed by atoms with Gasteiger partial charge in [-0.25, -0.2) is 4.79 Å². The Morgan fingerprint density at radius 1 is 1.00 bits per heavy atom. The zero-order valence-corrected chi connectivity index (χ0v) is 16.7. The molecule has 0 unspecified atom stereocenters. The number of benzene rings is 3. The van der Waals surface area contributed by atoms with Gasteiger partial charge in [0.1, 0.15) is 6.61 Å². The maximum atomic E-state index is 10.9. The summed E-state index contributed by atoms with van der Waals surface area (Å²) < 4.78 is 11.3. The second kappa shape index (κ2) is 9.06. The van der Waals surface area contributed by atoms with Crippen molar-refractivity contribution in [1.82, 2.24) is 0 Å². The molecule has 1 N–H and O–H groups in total. The number of aryl methyl sites for hydroxylation is 2. The van der Waals surface area contributed by atoms with Crippen molar-refractivity contribution in [2.75, 3.05) is 7.11 Å². The van der Waals surface area contributed by atoms with E-state index < -0.39 is 5.97 Å². The fourth-order valence-corrected chi connectivity index (χ4v) is 2.88. The van der Waals surface area contributed by atoms with Crippen molar-refractivity contribution in [3.8, 4) is 11.5 Å². The summed E-state index contributed by atoms with van der Waals surface area (Å²) in [5.41, 5.74) is 5.29. The highest BCUT2D eigenvalue weighted by Gasteiger charge is 2.07. The molecule has 0 spiro atoms. The number of aromatic carboxylic acids is 1. The summed E-state index contributed by atoms with van der Waals surface area (Å²) in [4.78, 5) is 15.5. The molecule has 0 heterocycles. The molecule has 5 heteroatoms. The third-order valence-electron chi connectivity index (χ3n) is 4.49. The second-order valence-corrected chi connectivity index (χ2v) is 6.75. The van der Waals surface area contributed by atoms with Gasteiger partial charge in [-0.1, -0.05) is 29.8 Å². The molecule has 0 aliphatic heterocycles. The molecule has 0 fully saturated rings. The van der Waals surface area contributed by atoms with Crippen molar-refractivity contribution in [2.45, 2.75) is 20.5 Å². The van der Waals surface area contributed by atoms with Gasteiger partial charge in [0.25, 0.3) is 0 Å². The van der Waals surface area contributed by atoms with Gasteiger partial charge in [-0.3, -0.25) is 4.99 Å². The van der Waals surface area contributed by atoms with E-state index in [1.807, 2.05) is 37.3 Å². The van der Waals surface area contributed by atoms with E-state index in [9.17, 15) is 4.79 Å². The van der Waals surface area contributed by atoms with E-state index in [0.717, 1.165) is 22.4 Å². The first-order chi connectivity index (χ1) is 14.0. The van der Waals surface area contributed by atoms with Crippen molar-refractivity contribution in [1.29, 1.82) is 0 Å². The Morgan fingerprint density at radius 3 is 2.41 bits per heavy atom. The SMILES string of the molecule is COc1cc(C=Nc2ccc(C)cc2C)ccc1OCc1ccc(C(=O)O)cc1. The van der Waals surface area contributed by atoms with Crippen LogP contribution >= 0.6 is 0 Å². The average molecular weight is 389 g/mol. The van der Waals surface area contributed by atoms with E-state index in [4.69, 9.17) is 14.6 Å². The quantitative estimate of drug-likeness (QED) is 0.554. The Kier molecular flexibility index (Phi) is 6.29. The van der Waals surface area contributed by atoms with E-state index in [1.54, 1.807) is 37.6 Å². The number of methoxy groups -OCH3 is 1. The minimum atomic E-state index is -0.947. The molecule has 5 nitrogen and oxygen atoms in total. The molecule has 3 rings (SSSR count). The average Bonchev–Trinajstić information content (AvgIpc) is 2.72. The molecule has 0 saturated heterocycles. The first-order valence-corrected chi connectivity index (χ1v) is 9.20. The maximum absolute atomic E-state index is 10.9. The van der Waals surface area contributed by atoms with Crippen LogP contribution in [0.5, 0.6) is 11.5 Å². The molecular formula is C24H23NO4. The minimum Gasteiger partial charge on any atom is -0.493 e. The topological polar surface area (TPSA) is 68.1 Å². The molecule has 0 atom stereocenters. The summed E-state index contributed by atoms with van der Waals surface area (Å²) in [7, 11) is 1.59. The summed E-state index contributed by atoms with van der Waals surface area (Å²) in [6.45, 7) is 4.41. The molecule has 0 aliphatic carbocycles. The van der Waals surface area contributed by atoms with Crippen LogP contribution in [0.15, 0.2) is 65.7 Å². The van der Waals surface area contributed by atoms with Crippen molar-refractivity contribution in [3.05, 3.63) is 88.5 Å². The van der Waals surface area contributed by atoms with Crippen LogP contribution in [0.1, 0.15) is 32.6 Å². The molecule has 3 aromatic carbocycles. The molecule has 0 saturated carbocycles. The number of carboxylic acid groups (broad SMARTS) is 1. The summed E-state index contributed by atoms with van der Waals surface area (Å²) in [5, 5.41) is 8.96. The van der Waals surface area contributed by atoms with Crippen LogP contribution in [0, 0.1) is 13.8 Å². The number of carbonyl (C=O) groups is 1.